The molecule has 0 aliphatic heterocycles. The van der Waals surface area contributed by atoms with E-state index in [4.69, 9.17) is 4.74 Å². The molecule has 0 spiro atoms. The summed E-state index contributed by atoms with van der Waals surface area (Å²) >= 11 is 1.28. The van der Waals surface area contributed by atoms with Crippen molar-refractivity contribution in [2.75, 3.05) is 0 Å². The van der Waals surface area contributed by atoms with Gasteiger partial charge in [0, 0.05) is 5.56 Å². The minimum atomic E-state index is -0.881. The number of carbonyl (C=O) groups excluding carboxylic acids is 2. The zero-order valence-corrected chi connectivity index (χ0v) is 17.9. The van der Waals surface area contributed by atoms with E-state index in [1.807, 2.05) is 42.5 Å². The third-order valence-corrected chi connectivity index (χ3v) is 6.53. The lowest BCUT2D eigenvalue weighted by molar-refractivity contribution is -0.130. The van der Waals surface area contributed by atoms with Crippen molar-refractivity contribution in [1.82, 2.24) is 10.3 Å². The van der Waals surface area contributed by atoms with E-state index >= 15 is 0 Å². The van der Waals surface area contributed by atoms with Gasteiger partial charge in [-0.15, -0.1) is 11.3 Å². The van der Waals surface area contributed by atoms with Crippen LogP contribution in [0.4, 0.5) is 0 Å². The third kappa shape index (κ3) is 4.28. The molecule has 4 rings (SSSR count). The smallest absolute Gasteiger partial charge is 0.351 e. The second-order valence-corrected chi connectivity index (χ2v) is 8.50. The first-order chi connectivity index (χ1) is 14.5. The molecule has 0 fully saturated rings. The number of ether oxygens (including phenoxy) is 1. The second-order valence-electron chi connectivity index (χ2n) is 7.50. The number of rotatable bonds is 5. The number of esters is 1. The van der Waals surface area contributed by atoms with Crippen LogP contribution in [0.5, 0.6) is 0 Å². The molecule has 1 aromatic heterocycles. The molecule has 1 amide bonds. The summed E-state index contributed by atoms with van der Waals surface area (Å²) in [5.74, 6) is -0.797. The SMILES string of the molecule is Cc1nc(-c2ccccc2)sc1C(=O)O[C@H](C)C(=O)N[C@H]1CCCc2ccccc21. The van der Waals surface area contributed by atoms with Crippen LogP contribution in [-0.4, -0.2) is 23.0 Å². The maximum Gasteiger partial charge on any atom is 0.351 e. The van der Waals surface area contributed by atoms with Gasteiger partial charge in [0.15, 0.2) is 6.10 Å². The fraction of sp³-hybridized carbons (Fsp3) is 0.292. The molecule has 0 bridgehead atoms. The normalized spacial score (nSPS) is 16.4. The lowest BCUT2D eigenvalue weighted by atomic mass is 9.87. The predicted octanol–water partition coefficient (Wildman–Crippen LogP) is 4.86. The maximum atomic E-state index is 12.7. The molecule has 2 aromatic carbocycles. The average Bonchev–Trinajstić information content (AvgIpc) is 3.16. The first kappa shape index (κ1) is 20.3. The van der Waals surface area contributed by atoms with E-state index in [1.165, 1.54) is 16.9 Å². The highest BCUT2D eigenvalue weighted by Gasteiger charge is 2.27. The predicted molar refractivity (Wildman–Crippen MR) is 117 cm³/mol. The number of benzene rings is 2. The Hall–Kier alpha value is -2.99. The van der Waals surface area contributed by atoms with E-state index in [0.717, 1.165) is 35.4 Å². The number of fused-ring (bicyclic) bond motifs is 1. The zero-order valence-electron chi connectivity index (χ0n) is 17.1. The minimum absolute atomic E-state index is 0.0431. The molecule has 154 valence electrons. The Balaban J connectivity index is 1.42. The topological polar surface area (TPSA) is 68.3 Å². The number of thiazole rings is 1. The van der Waals surface area contributed by atoms with E-state index in [1.54, 1.807) is 13.8 Å². The lowest BCUT2D eigenvalue weighted by Gasteiger charge is -2.27. The molecule has 1 aliphatic carbocycles. The van der Waals surface area contributed by atoms with E-state index in [9.17, 15) is 9.59 Å². The van der Waals surface area contributed by atoms with Crippen LogP contribution in [0.2, 0.25) is 0 Å². The van der Waals surface area contributed by atoms with Gasteiger partial charge in [-0.1, -0.05) is 54.6 Å². The van der Waals surface area contributed by atoms with Gasteiger partial charge in [0.25, 0.3) is 5.91 Å². The molecule has 1 N–H and O–H groups in total. The Bertz CT molecular complexity index is 1060. The van der Waals surface area contributed by atoms with Gasteiger partial charge in [-0.05, 0) is 44.2 Å². The molecular weight excluding hydrogens is 396 g/mol. The van der Waals surface area contributed by atoms with Crippen molar-refractivity contribution < 1.29 is 14.3 Å². The van der Waals surface area contributed by atoms with Crippen LogP contribution >= 0.6 is 11.3 Å². The van der Waals surface area contributed by atoms with Crippen LogP contribution in [0, 0.1) is 6.92 Å². The molecule has 3 aromatic rings. The summed E-state index contributed by atoms with van der Waals surface area (Å²) in [5, 5.41) is 3.81. The molecule has 2 atom stereocenters. The highest BCUT2D eigenvalue weighted by Crippen LogP contribution is 2.30. The zero-order chi connectivity index (χ0) is 21.1. The summed E-state index contributed by atoms with van der Waals surface area (Å²) in [5.41, 5.74) is 3.98. The van der Waals surface area contributed by atoms with Gasteiger partial charge in [0.1, 0.15) is 9.88 Å². The third-order valence-electron chi connectivity index (χ3n) is 5.34. The van der Waals surface area contributed by atoms with Gasteiger partial charge in [0.05, 0.1) is 11.7 Å². The van der Waals surface area contributed by atoms with Crippen LogP contribution in [0.25, 0.3) is 10.6 Å². The van der Waals surface area contributed by atoms with Crippen LogP contribution in [0.15, 0.2) is 54.6 Å². The van der Waals surface area contributed by atoms with Crippen LogP contribution < -0.4 is 5.32 Å². The first-order valence-electron chi connectivity index (χ1n) is 10.1. The minimum Gasteiger partial charge on any atom is -0.448 e. The molecule has 5 nitrogen and oxygen atoms in total. The fourth-order valence-electron chi connectivity index (χ4n) is 3.75. The molecule has 30 heavy (non-hydrogen) atoms. The van der Waals surface area contributed by atoms with Gasteiger partial charge < -0.3 is 10.1 Å². The van der Waals surface area contributed by atoms with Crippen LogP contribution in [0.1, 0.15) is 52.3 Å². The van der Waals surface area contributed by atoms with E-state index < -0.39 is 12.1 Å². The van der Waals surface area contributed by atoms with Gasteiger partial charge in [-0.25, -0.2) is 9.78 Å². The number of nitrogens with one attached hydrogen (secondary N) is 1. The second kappa shape index (κ2) is 8.79. The maximum absolute atomic E-state index is 12.7. The largest absolute Gasteiger partial charge is 0.448 e. The quantitative estimate of drug-likeness (QED) is 0.599. The summed E-state index contributed by atoms with van der Waals surface area (Å²) in [7, 11) is 0. The Morgan fingerprint density at radius 3 is 2.67 bits per heavy atom. The van der Waals surface area contributed by atoms with E-state index in [0.29, 0.717) is 10.6 Å². The van der Waals surface area contributed by atoms with Crippen molar-refractivity contribution in [1.29, 1.82) is 0 Å². The lowest BCUT2D eigenvalue weighted by Crippen LogP contribution is -2.39. The molecule has 0 unspecified atom stereocenters. The van der Waals surface area contributed by atoms with Gasteiger partial charge in [-0.2, -0.15) is 0 Å². The molecule has 0 saturated carbocycles. The Morgan fingerprint density at radius 2 is 1.87 bits per heavy atom. The summed E-state index contributed by atoms with van der Waals surface area (Å²) < 4.78 is 5.48. The van der Waals surface area contributed by atoms with Crippen molar-refractivity contribution in [3.63, 3.8) is 0 Å². The van der Waals surface area contributed by atoms with Gasteiger partial charge >= 0.3 is 5.97 Å². The first-order valence-corrected chi connectivity index (χ1v) is 11.0. The van der Waals surface area contributed by atoms with Crippen molar-refractivity contribution >= 4 is 23.2 Å². The van der Waals surface area contributed by atoms with Crippen molar-refractivity contribution in [3.8, 4) is 10.6 Å². The fourth-order valence-corrected chi connectivity index (χ4v) is 4.71. The summed E-state index contributed by atoms with van der Waals surface area (Å²) in [6.45, 7) is 3.39. The summed E-state index contributed by atoms with van der Waals surface area (Å²) in [6, 6.07) is 17.8. The Kier molecular flexibility index (Phi) is 5.95. The van der Waals surface area contributed by atoms with Crippen molar-refractivity contribution in [3.05, 3.63) is 76.3 Å². The van der Waals surface area contributed by atoms with Gasteiger partial charge in [0.2, 0.25) is 0 Å². The number of aryl methyl sites for hydroxylation is 2. The molecule has 1 heterocycles. The number of hydrogen-bond acceptors (Lipinski definition) is 5. The molecular formula is C24H24N2O3S. The van der Waals surface area contributed by atoms with E-state index in [-0.39, 0.29) is 11.9 Å². The molecule has 6 heteroatoms. The highest BCUT2D eigenvalue weighted by atomic mass is 32.1. The standard InChI is InChI=1S/C24H24N2O3S/c1-15-21(30-23(25-15)18-10-4-3-5-11-18)24(28)29-16(2)22(27)26-20-14-8-12-17-9-6-7-13-19(17)20/h3-7,9-11,13,16,20H,8,12,14H2,1-2H3,(H,26,27)/t16-,20+/m1/s1. The Labute approximate surface area is 180 Å². The van der Waals surface area contributed by atoms with Gasteiger partial charge in [-0.3, -0.25) is 4.79 Å². The van der Waals surface area contributed by atoms with Crippen molar-refractivity contribution in [2.45, 2.75) is 45.3 Å². The Morgan fingerprint density at radius 1 is 1.13 bits per heavy atom. The van der Waals surface area contributed by atoms with Crippen LogP contribution in [-0.2, 0) is 16.0 Å². The monoisotopic (exact) mass is 420 g/mol. The molecule has 1 aliphatic rings. The van der Waals surface area contributed by atoms with E-state index in [2.05, 4.69) is 22.4 Å². The summed E-state index contributed by atoms with van der Waals surface area (Å²) in [6.07, 6.45) is 2.06. The van der Waals surface area contributed by atoms with Crippen molar-refractivity contribution in [2.24, 2.45) is 0 Å². The number of hydrogen-bond donors (Lipinski definition) is 1. The highest BCUT2D eigenvalue weighted by molar-refractivity contribution is 7.17. The summed E-state index contributed by atoms with van der Waals surface area (Å²) in [4.78, 5) is 30.3. The molecule has 0 radical (unpaired) electrons. The number of carbonyl (C=O) groups is 2. The number of nitrogens with zero attached hydrogens (tertiary/aromatic N) is 1. The molecule has 0 saturated heterocycles. The number of aromatic nitrogens is 1. The average molecular weight is 421 g/mol. The number of amides is 1. The van der Waals surface area contributed by atoms with Crippen LogP contribution in [0.3, 0.4) is 0 Å².